The van der Waals surface area contributed by atoms with Crippen LogP contribution in [0, 0.1) is 5.92 Å². The third kappa shape index (κ3) is 8.88. The maximum Gasteiger partial charge on any atom is 0.0107 e. The van der Waals surface area contributed by atoms with Gasteiger partial charge in [-0.15, -0.1) is 0 Å². The van der Waals surface area contributed by atoms with E-state index in [9.17, 15) is 0 Å². The average Bonchev–Trinajstić information content (AvgIpc) is 2.00. The highest BCUT2D eigenvalue weighted by Crippen LogP contribution is 2.09. The standard InChI is InChI=1S/C13H30N2/c1-11(2)10-12(3)15(7)9-8-14-13(4,5)6/h11-12,14H,8-10H2,1-7H3. The van der Waals surface area contributed by atoms with Crippen molar-refractivity contribution in [1.82, 2.24) is 10.2 Å². The SMILES string of the molecule is CC(C)CC(C)N(C)CCNC(C)(C)C. The second kappa shape index (κ2) is 6.49. The van der Waals surface area contributed by atoms with Gasteiger partial charge < -0.3 is 10.2 Å². The molecule has 0 fully saturated rings. The van der Waals surface area contributed by atoms with Crippen LogP contribution in [-0.2, 0) is 0 Å². The molecule has 92 valence electrons. The molecule has 1 N–H and O–H groups in total. The van der Waals surface area contributed by atoms with Crippen LogP contribution in [0.2, 0.25) is 0 Å². The summed E-state index contributed by atoms with van der Waals surface area (Å²) in [5, 5.41) is 3.52. The Morgan fingerprint density at radius 2 is 1.67 bits per heavy atom. The first-order chi connectivity index (χ1) is 6.72. The smallest absolute Gasteiger partial charge is 0.0107 e. The lowest BCUT2D eigenvalue weighted by atomic mass is 10.0. The molecule has 0 saturated heterocycles. The molecule has 1 atom stereocenters. The summed E-state index contributed by atoms with van der Waals surface area (Å²) in [5.41, 5.74) is 0.238. The summed E-state index contributed by atoms with van der Waals surface area (Å²) in [5.74, 6) is 0.790. The maximum atomic E-state index is 3.52. The van der Waals surface area contributed by atoms with Crippen molar-refractivity contribution in [3.8, 4) is 0 Å². The molecule has 0 amide bonds. The third-order valence-electron chi connectivity index (χ3n) is 2.68. The molecule has 1 unspecified atom stereocenters. The number of nitrogens with one attached hydrogen (secondary N) is 1. The van der Waals surface area contributed by atoms with Crippen molar-refractivity contribution < 1.29 is 0 Å². The normalized spacial score (nSPS) is 15.0. The summed E-state index contributed by atoms with van der Waals surface area (Å²) in [6.07, 6.45) is 1.28. The van der Waals surface area contributed by atoms with E-state index in [0.29, 0.717) is 6.04 Å². The number of hydrogen-bond acceptors (Lipinski definition) is 2. The summed E-state index contributed by atoms with van der Waals surface area (Å²) in [6, 6.07) is 0.687. The lowest BCUT2D eigenvalue weighted by Gasteiger charge is -2.28. The van der Waals surface area contributed by atoms with Crippen molar-refractivity contribution >= 4 is 0 Å². The van der Waals surface area contributed by atoms with Gasteiger partial charge in [-0.05, 0) is 47.1 Å². The lowest BCUT2D eigenvalue weighted by Crippen LogP contribution is -2.42. The van der Waals surface area contributed by atoms with Crippen LogP contribution in [0.3, 0.4) is 0 Å². The summed E-state index contributed by atoms with van der Waals surface area (Å²) >= 11 is 0. The monoisotopic (exact) mass is 214 g/mol. The van der Waals surface area contributed by atoms with Gasteiger partial charge in [-0.3, -0.25) is 0 Å². The Bertz CT molecular complexity index is 158. The van der Waals surface area contributed by atoms with E-state index in [1.54, 1.807) is 0 Å². The van der Waals surface area contributed by atoms with Crippen LogP contribution in [0.5, 0.6) is 0 Å². The van der Waals surface area contributed by atoms with Crippen LogP contribution in [0.15, 0.2) is 0 Å². The summed E-state index contributed by atoms with van der Waals surface area (Å²) in [4.78, 5) is 2.44. The second-order valence-corrected chi connectivity index (χ2v) is 6.14. The fourth-order valence-electron chi connectivity index (χ4n) is 1.69. The fourth-order valence-corrected chi connectivity index (χ4v) is 1.69. The van der Waals surface area contributed by atoms with Gasteiger partial charge in [0.1, 0.15) is 0 Å². The molecule has 0 aromatic rings. The van der Waals surface area contributed by atoms with Crippen LogP contribution in [0.25, 0.3) is 0 Å². The Kier molecular flexibility index (Phi) is 6.46. The maximum absolute atomic E-state index is 3.52. The molecule has 2 nitrogen and oxygen atoms in total. The number of hydrogen-bond donors (Lipinski definition) is 1. The van der Waals surface area contributed by atoms with E-state index >= 15 is 0 Å². The molecule has 0 spiro atoms. The van der Waals surface area contributed by atoms with Crippen molar-refractivity contribution in [3.05, 3.63) is 0 Å². The third-order valence-corrected chi connectivity index (χ3v) is 2.68. The van der Waals surface area contributed by atoms with E-state index in [2.05, 4.69) is 58.8 Å². The Balaban J connectivity index is 3.69. The average molecular weight is 214 g/mol. The summed E-state index contributed by atoms with van der Waals surface area (Å²) < 4.78 is 0. The van der Waals surface area contributed by atoms with Crippen LogP contribution >= 0.6 is 0 Å². The van der Waals surface area contributed by atoms with E-state index in [-0.39, 0.29) is 5.54 Å². The minimum atomic E-state index is 0.238. The first kappa shape index (κ1) is 14.9. The molecule has 0 radical (unpaired) electrons. The van der Waals surface area contributed by atoms with Crippen molar-refractivity contribution in [2.24, 2.45) is 5.92 Å². The number of rotatable bonds is 6. The molecule has 0 aliphatic heterocycles. The van der Waals surface area contributed by atoms with Crippen molar-refractivity contribution in [3.63, 3.8) is 0 Å². The second-order valence-electron chi connectivity index (χ2n) is 6.14. The molecule has 0 aromatic carbocycles. The van der Waals surface area contributed by atoms with Gasteiger partial charge >= 0.3 is 0 Å². The lowest BCUT2D eigenvalue weighted by molar-refractivity contribution is 0.221. The van der Waals surface area contributed by atoms with Crippen molar-refractivity contribution in [2.45, 2.75) is 59.5 Å². The minimum absolute atomic E-state index is 0.238. The Labute approximate surface area is 96.4 Å². The van der Waals surface area contributed by atoms with Gasteiger partial charge in [0.15, 0.2) is 0 Å². The molecule has 0 aliphatic rings. The predicted octanol–water partition coefficient (Wildman–Crippen LogP) is 2.74. The van der Waals surface area contributed by atoms with Gasteiger partial charge in [-0.1, -0.05) is 13.8 Å². The minimum Gasteiger partial charge on any atom is -0.311 e. The van der Waals surface area contributed by atoms with E-state index in [1.807, 2.05) is 0 Å². The summed E-state index contributed by atoms with van der Waals surface area (Å²) in [6.45, 7) is 15.7. The molecule has 0 aliphatic carbocycles. The zero-order valence-corrected chi connectivity index (χ0v) is 11.7. The fraction of sp³-hybridized carbons (Fsp3) is 1.00. The highest BCUT2D eigenvalue weighted by Gasteiger charge is 2.12. The first-order valence-electron chi connectivity index (χ1n) is 6.17. The molecular weight excluding hydrogens is 184 g/mol. The van der Waals surface area contributed by atoms with Crippen LogP contribution < -0.4 is 5.32 Å². The van der Waals surface area contributed by atoms with Gasteiger partial charge in [0, 0.05) is 24.7 Å². The van der Waals surface area contributed by atoms with Crippen LogP contribution in [0.1, 0.15) is 48.0 Å². The molecule has 0 heterocycles. The van der Waals surface area contributed by atoms with E-state index in [0.717, 1.165) is 19.0 Å². The molecular formula is C13H30N2. The van der Waals surface area contributed by atoms with E-state index in [1.165, 1.54) is 6.42 Å². The van der Waals surface area contributed by atoms with Gasteiger partial charge in [-0.25, -0.2) is 0 Å². The van der Waals surface area contributed by atoms with Gasteiger partial charge in [0.05, 0.1) is 0 Å². The Morgan fingerprint density at radius 3 is 2.07 bits per heavy atom. The molecule has 15 heavy (non-hydrogen) atoms. The molecule has 2 heteroatoms. The highest BCUT2D eigenvalue weighted by molar-refractivity contribution is 4.72. The Hall–Kier alpha value is -0.0800. The summed E-state index contributed by atoms with van der Waals surface area (Å²) in [7, 11) is 2.22. The quantitative estimate of drug-likeness (QED) is 0.731. The highest BCUT2D eigenvalue weighted by atomic mass is 15.1. The number of likely N-dealkylation sites (N-methyl/N-ethyl adjacent to an activating group) is 1. The Morgan fingerprint density at radius 1 is 1.13 bits per heavy atom. The molecule has 0 rings (SSSR count). The zero-order valence-electron chi connectivity index (χ0n) is 11.7. The van der Waals surface area contributed by atoms with Crippen LogP contribution in [0.4, 0.5) is 0 Å². The van der Waals surface area contributed by atoms with E-state index < -0.39 is 0 Å². The molecule has 0 aromatic heterocycles. The van der Waals surface area contributed by atoms with E-state index in [4.69, 9.17) is 0 Å². The van der Waals surface area contributed by atoms with Gasteiger partial charge in [-0.2, -0.15) is 0 Å². The van der Waals surface area contributed by atoms with Crippen molar-refractivity contribution in [1.29, 1.82) is 0 Å². The van der Waals surface area contributed by atoms with Gasteiger partial charge in [0.2, 0.25) is 0 Å². The largest absolute Gasteiger partial charge is 0.311 e. The van der Waals surface area contributed by atoms with Crippen molar-refractivity contribution in [2.75, 3.05) is 20.1 Å². The molecule has 0 bridgehead atoms. The first-order valence-corrected chi connectivity index (χ1v) is 6.17. The predicted molar refractivity (Wildman–Crippen MR) is 69.3 cm³/mol. The number of nitrogens with zero attached hydrogens (tertiary/aromatic N) is 1. The molecule has 0 saturated carbocycles. The van der Waals surface area contributed by atoms with Gasteiger partial charge in [0.25, 0.3) is 0 Å². The topological polar surface area (TPSA) is 15.3 Å². The van der Waals surface area contributed by atoms with Crippen LogP contribution in [-0.4, -0.2) is 36.6 Å². The zero-order chi connectivity index (χ0) is 12.1.